The number of esters is 1. The molecular formula is C26H26BrNO5S. The molecule has 0 aliphatic heterocycles. The zero-order valence-corrected chi connectivity index (χ0v) is 21.8. The van der Waals surface area contributed by atoms with Gasteiger partial charge in [0, 0.05) is 11.0 Å². The number of carbonyl (C=O) groups is 2. The molecule has 0 saturated heterocycles. The van der Waals surface area contributed by atoms with E-state index >= 15 is 0 Å². The van der Waals surface area contributed by atoms with Gasteiger partial charge >= 0.3 is 5.97 Å². The summed E-state index contributed by atoms with van der Waals surface area (Å²) in [7, 11) is 1.57. The number of methoxy groups -OCH3 is 1. The first-order valence-corrected chi connectivity index (χ1v) is 12.2. The van der Waals surface area contributed by atoms with Crippen molar-refractivity contribution in [1.29, 1.82) is 0 Å². The minimum Gasteiger partial charge on any atom is -0.493 e. The fourth-order valence-corrected chi connectivity index (χ4v) is 4.82. The Hall–Kier alpha value is -3.10. The molecule has 8 heteroatoms. The molecule has 0 radical (unpaired) electrons. The van der Waals surface area contributed by atoms with E-state index in [0.29, 0.717) is 33.1 Å². The van der Waals surface area contributed by atoms with Crippen LogP contribution in [0.25, 0.3) is 6.08 Å². The Morgan fingerprint density at radius 1 is 1.15 bits per heavy atom. The molecule has 3 rings (SSSR count). The molecule has 1 heterocycles. The van der Waals surface area contributed by atoms with E-state index in [4.69, 9.17) is 14.2 Å². The Kier molecular flexibility index (Phi) is 8.90. The van der Waals surface area contributed by atoms with Crippen LogP contribution in [0.4, 0.5) is 5.00 Å². The quantitative estimate of drug-likeness (QED) is 0.245. The number of aryl methyl sites for hydroxylation is 1. The van der Waals surface area contributed by atoms with E-state index in [1.54, 1.807) is 26.2 Å². The van der Waals surface area contributed by atoms with Crippen LogP contribution in [0.1, 0.15) is 38.8 Å². The van der Waals surface area contributed by atoms with Gasteiger partial charge in [0.15, 0.2) is 11.5 Å². The second kappa shape index (κ2) is 11.9. The molecule has 1 amide bonds. The third-order valence-corrected chi connectivity index (χ3v) is 6.72. The maximum absolute atomic E-state index is 12.6. The summed E-state index contributed by atoms with van der Waals surface area (Å²) in [6.07, 6.45) is 3.08. The topological polar surface area (TPSA) is 73.9 Å². The Bertz CT molecular complexity index is 1200. The van der Waals surface area contributed by atoms with Crippen molar-refractivity contribution in [2.24, 2.45) is 0 Å². The average molecular weight is 544 g/mol. The summed E-state index contributed by atoms with van der Waals surface area (Å²) in [6, 6.07) is 13.5. The summed E-state index contributed by atoms with van der Waals surface area (Å²) in [5.41, 5.74) is 2.99. The molecule has 0 atom stereocenters. The van der Waals surface area contributed by atoms with Crippen LogP contribution in [-0.4, -0.2) is 25.6 Å². The number of carbonyl (C=O) groups excluding carboxylic acids is 2. The summed E-state index contributed by atoms with van der Waals surface area (Å²) >= 11 is 4.88. The van der Waals surface area contributed by atoms with Crippen LogP contribution in [0.5, 0.6) is 11.5 Å². The fourth-order valence-electron chi connectivity index (χ4n) is 3.20. The highest BCUT2D eigenvalue weighted by Gasteiger charge is 2.21. The standard InChI is InChI=1S/C26H26BrNO5S/c1-5-32-26(30)23-16(2)17(3)34-25(23)28-22(29)12-11-19-13-20(27)24(21(14-19)31-4)33-15-18-9-7-6-8-10-18/h6-14H,5,15H2,1-4H3,(H,28,29)/b12-11+. The zero-order valence-electron chi connectivity index (χ0n) is 19.4. The highest BCUT2D eigenvalue weighted by atomic mass is 79.9. The third kappa shape index (κ3) is 6.27. The van der Waals surface area contributed by atoms with Crippen LogP contribution < -0.4 is 14.8 Å². The van der Waals surface area contributed by atoms with Gasteiger partial charge < -0.3 is 19.5 Å². The second-order valence-electron chi connectivity index (χ2n) is 7.34. The normalized spacial score (nSPS) is 10.9. The van der Waals surface area contributed by atoms with E-state index in [2.05, 4.69) is 21.2 Å². The van der Waals surface area contributed by atoms with Crippen LogP contribution in [0, 0.1) is 13.8 Å². The van der Waals surface area contributed by atoms with Gasteiger partial charge in [-0.05, 0) is 71.6 Å². The molecule has 0 fully saturated rings. The van der Waals surface area contributed by atoms with Crippen LogP contribution >= 0.6 is 27.3 Å². The molecule has 34 heavy (non-hydrogen) atoms. The van der Waals surface area contributed by atoms with Gasteiger partial charge in [-0.15, -0.1) is 11.3 Å². The Labute approximate surface area is 211 Å². The van der Waals surface area contributed by atoms with Crippen molar-refractivity contribution < 1.29 is 23.8 Å². The van der Waals surface area contributed by atoms with Crippen LogP contribution in [-0.2, 0) is 16.1 Å². The van der Waals surface area contributed by atoms with Crippen LogP contribution in [0.2, 0.25) is 0 Å². The number of nitrogens with one attached hydrogen (secondary N) is 1. The Morgan fingerprint density at radius 3 is 2.56 bits per heavy atom. The van der Waals surface area contributed by atoms with E-state index in [0.717, 1.165) is 21.6 Å². The minimum atomic E-state index is -0.441. The first-order chi connectivity index (χ1) is 16.3. The van der Waals surface area contributed by atoms with E-state index in [-0.39, 0.29) is 12.5 Å². The zero-order chi connectivity index (χ0) is 24.7. The maximum Gasteiger partial charge on any atom is 0.341 e. The minimum absolute atomic E-state index is 0.266. The van der Waals surface area contributed by atoms with Gasteiger partial charge in [-0.25, -0.2) is 4.79 Å². The van der Waals surface area contributed by atoms with Crippen molar-refractivity contribution in [2.75, 3.05) is 19.0 Å². The second-order valence-corrected chi connectivity index (χ2v) is 9.42. The number of rotatable bonds is 9. The molecule has 1 aromatic heterocycles. The maximum atomic E-state index is 12.6. The number of amides is 1. The number of anilines is 1. The number of ether oxygens (including phenoxy) is 3. The van der Waals surface area contributed by atoms with Gasteiger partial charge in [0.05, 0.1) is 23.8 Å². The molecular weight excluding hydrogens is 518 g/mol. The van der Waals surface area contributed by atoms with Gasteiger partial charge in [-0.2, -0.15) is 0 Å². The number of benzene rings is 2. The molecule has 3 aromatic rings. The van der Waals surface area contributed by atoms with Gasteiger partial charge in [0.25, 0.3) is 0 Å². The highest BCUT2D eigenvalue weighted by Crippen LogP contribution is 2.38. The number of hydrogen-bond donors (Lipinski definition) is 1. The highest BCUT2D eigenvalue weighted by molar-refractivity contribution is 9.10. The van der Waals surface area contributed by atoms with E-state index < -0.39 is 5.97 Å². The van der Waals surface area contributed by atoms with Crippen LogP contribution in [0.3, 0.4) is 0 Å². The Morgan fingerprint density at radius 2 is 1.88 bits per heavy atom. The molecule has 6 nitrogen and oxygen atoms in total. The van der Waals surface area contributed by atoms with E-state index in [9.17, 15) is 9.59 Å². The number of hydrogen-bond acceptors (Lipinski definition) is 6. The first-order valence-electron chi connectivity index (χ1n) is 10.6. The van der Waals surface area contributed by atoms with Gasteiger partial charge in [0.1, 0.15) is 11.6 Å². The number of halogens is 1. The van der Waals surface area contributed by atoms with Crippen molar-refractivity contribution in [3.63, 3.8) is 0 Å². The van der Waals surface area contributed by atoms with Gasteiger partial charge in [0.2, 0.25) is 5.91 Å². The first kappa shape index (κ1) is 25.5. The SMILES string of the molecule is CCOC(=O)c1c(NC(=O)/C=C/c2cc(Br)c(OCc3ccccc3)c(OC)c2)sc(C)c1C. The van der Waals surface area contributed by atoms with E-state index in [1.807, 2.05) is 50.2 Å². The smallest absolute Gasteiger partial charge is 0.341 e. The average Bonchev–Trinajstić information content (AvgIpc) is 3.10. The summed E-state index contributed by atoms with van der Waals surface area (Å²) in [4.78, 5) is 25.9. The molecule has 0 spiro atoms. The largest absolute Gasteiger partial charge is 0.493 e. The third-order valence-electron chi connectivity index (χ3n) is 5.01. The lowest BCUT2D eigenvalue weighted by Gasteiger charge is -2.13. The van der Waals surface area contributed by atoms with Crippen molar-refractivity contribution >= 4 is 50.2 Å². The van der Waals surface area contributed by atoms with Crippen molar-refractivity contribution in [2.45, 2.75) is 27.4 Å². The molecule has 178 valence electrons. The molecule has 1 N–H and O–H groups in total. The monoisotopic (exact) mass is 543 g/mol. The van der Waals surface area contributed by atoms with Crippen molar-refractivity contribution in [1.82, 2.24) is 0 Å². The van der Waals surface area contributed by atoms with Gasteiger partial charge in [-0.1, -0.05) is 30.3 Å². The summed E-state index contributed by atoms with van der Waals surface area (Å²) in [6.45, 7) is 6.16. The fraction of sp³-hybridized carbons (Fsp3) is 0.231. The molecule has 0 bridgehead atoms. The summed E-state index contributed by atoms with van der Waals surface area (Å²) in [5.74, 6) is 0.325. The summed E-state index contributed by atoms with van der Waals surface area (Å²) < 4.78 is 17.3. The lowest BCUT2D eigenvalue weighted by atomic mass is 10.1. The predicted molar refractivity (Wildman–Crippen MR) is 139 cm³/mol. The number of thiophene rings is 1. The summed E-state index contributed by atoms with van der Waals surface area (Å²) in [5, 5.41) is 3.28. The molecule has 0 aliphatic carbocycles. The lowest BCUT2D eigenvalue weighted by molar-refractivity contribution is -0.111. The van der Waals surface area contributed by atoms with Crippen molar-refractivity contribution in [3.8, 4) is 11.5 Å². The molecule has 0 unspecified atom stereocenters. The predicted octanol–water partition coefficient (Wildman–Crippen LogP) is 6.54. The molecule has 2 aromatic carbocycles. The Balaban J connectivity index is 1.74. The lowest BCUT2D eigenvalue weighted by Crippen LogP contribution is -2.12. The van der Waals surface area contributed by atoms with E-state index in [1.165, 1.54) is 17.4 Å². The van der Waals surface area contributed by atoms with Crippen molar-refractivity contribution in [3.05, 3.63) is 80.1 Å². The van der Waals surface area contributed by atoms with Crippen LogP contribution in [0.15, 0.2) is 53.0 Å². The molecule has 0 aliphatic rings. The molecule has 0 saturated carbocycles. The van der Waals surface area contributed by atoms with Gasteiger partial charge in [-0.3, -0.25) is 4.79 Å².